The number of esters is 2. The lowest BCUT2D eigenvalue weighted by Gasteiger charge is -2.28. The zero-order chi connectivity index (χ0) is 34.8. The van der Waals surface area contributed by atoms with E-state index in [9.17, 15) is 14.4 Å². The first-order valence-electron chi connectivity index (χ1n) is 17.4. The summed E-state index contributed by atoms with van der Waals surface area (Å²) in [4.78, 5) is 42.2. The van der Waals surface area contributed by atoms with Crippen molar-refractivity contribution in [3.63, 3.8) is 0 Å². The second-order valence-electron chi connectivity index (χ2n) is 12.4. The Hall–Kier alpha value is -4.83. The van der Waals surface area contributed by atoms with E-state index in [0.29, 0.717) is 38.2 Å². The molecular formula is C41H47N3O6. The Morgan fingerprint density at radius 2 is 1.32 bits per heavy atom. The lowest BCUT2D eigenvalue weighted by molar-refractivity contribution is -0.148. The van der Waals surface area contributed by atoms with Crippen LogP contribution in [0.25, 0.3) is 0 Å². The first-order valence-corrected chi connectivity index (χ1v) is 17.4. The van der Waals surface area contributed by atoms with Gasteiger partial charge >= 0.3 is 11.9 Å². The Morgan fingerprint density at radius 3 is 2.00 bits per heavy atom. The number of benzene rings is 4. The zero-order valence-electron chi connectivity index (χ0n) is 28.5. The summed E-state index contributed by atoms with van der Waals surface area (Å²) in [6, 6.07) is 35.3. The van der Waals surface area contributed by atoms with Crippen LogP contribution in [-0.4, -0.2) is 56.2 Å². The van der Waals surface area contributed by atoms with E-state index in [1.807, 2.05) is 115 Å². The van der Waals surface area contributed by atoms with E-state index >= 15 is 0 Å². The molecule has 2 N–H and O–H groups in total. The highest BCUT2D eigenvalue weighted by molar-refractivity contribution is 6.02. The standard InChI is InChI=1S/C41H47N3O6/c45-39(49-30-33-16-6-2-7-17-33)28-44-38-22-11-10-20-35(38)23-24-36(40(44)46)43-37(41(47)50-31-34-18-8-3-9-19-34)21-12-13-25-42-26-27-48-29-32-14-4-1-5-15-32/h1-11,14-20,22,36-37,42-43H,12-13,21,23-31H2/t36-,37-/m0/s1. The number of aryl methyl sites for hydroxylation is 1. The second kappa shape index (κ2) is 20.0. The summed E-state index contributed by atoms with van der Waals surface area (Å²) in [6.07, 6.45) is 3.16. The van der Waals surface area contributed by atoms with Crippen molar-refractivity contribution in [3.05, 3.63) is 138 Å². The van der Waals surface area contributed by atoms with Crippen LogP contribution < -0.4 is 15.5 Å². The predicted molar refractivity (Wildman–Crippen MR) is 193 cm³/mol. The van der Waals surface area contributed by atoms with Crippen molar-refractivity contribution < 1.29 is 28.6 Å². The molecule has 50 heavy (non-hydrogen) atoms. The summed E-state index contributed by atoms with van der Waals surface area (Å²) in [5.74, 6) is -1.18. The van der Waals surface area contributed by atoms with Gasteiger partial charge in [0, 0.05) is 12.2 Å². The summed E-state index contributed by atoms with van der Waals surface area (Å²) in [6.45, 7) is 2.73. The van der Waals surface area contributed by atoms with Crippen LogP contribution in [0.15, 0.2) is 115 Å². The summed E-state index contributed by atoms with van der Waals surface area (Å²) in [7, 11) is 0. The number of anilines is 1. The van der Waals surface area contributed by atoms with Crippen molar-refractivity contribution in [2.45, 2.75) is 64.0 Å². The number of para-hydroxylation sites is 1. The zero-order valence-corrected chi connectivity index (χ0v) is 28.5. The van der Waals surface area contributed by atoms with Crippen molar-refractivity contribution in [3.8, 4) is 0 Å². The number of amides is 1. The van der Waals surface area contributed by atoms with Gasteiger partial charge in [-0.15, -0.1) is 0 Å². The fourth-order valence-corrected chi connectivity index (χ4v) is 5.92. The maximum atomic E-state index is 14.1. The minimum absolute atomic E-state index is 0.121. The van der Waals surface area contributed by atoms with Gasteiger partial charge in [0.15, 0.2) is 0 Å². The summed E-state index contributed by atoms with van der Waals surface area (Å²) in [5.41, 5.74) is 4.54. The number of hydrogen-bond donors (Lipinski definition) is 2. The van der Waals surface area contributed by atoms with Crippen LogP contribution in [0, 0.1) is 0 Å². The third kappa shape index (κ3) is 11.7. The molecule has 1 aliphatic heterocycles. The summed E-state index contributed by atoms with van der Waals surface area (Å²) >= 11 is 0. The minimum atomic E-state index is -0.699. The maximum absolute atomic E-state index is 14.1. The normalized spacial score (nSPS) is 14.8. The van der Waals surface area contributed by atoms with Crippen molar-refractivity contribution in [2.24, 2.45) is 0 Å². The van der Waals surface area contributed by atoms with Gasteiger partial charge in [0.2, 0.25) is 5.91 Å². The largest absolute Gasteiger partial charge is 0.460 e. The number of ether oxygens (including phenoxy) is 3. The van der Waals surface area contributed by atoms with E-state index < -0.39 is 24.0 Å². The third-order valence-corrected chi connectivity index (χ3v) is 8.62. The Morgan fingerprint density at radius 1 is 0.720 bits per heavy atom. The summed E-state index contributed by atoms with van der Waals surface area (Å²) in [5, 5.41) is 6.76. The van der Waals surface area contributed by atoms with Crippen LogP contribution in [0.3, 0.4) is 0 Å². The van der Waals surface area contributed by atoms with Crippen LogP contribution in [0.1, 0.15) is 47.9 Å². The van der Waals surface area contributed by atoms with Crippen LogP contribution in [0.2, 0.25) is 0 Å². The second-order valence-corrected chi connectivity index (χ2v) is 12.4. The molecule has 0 aromatic heterocycles. The maximum Gasteiger partial charge on any atom is 0.326 e. The number of nitrogens with one attached hydrogen (secondary N) is 2. The number of carbonyl (C=O) groups excluding carboxylic acids is 3. The molecule has 0 bridgehead atoms. The molecule has 0 spiro atoms. The molecular weight excluding hydrogens is 630 g/mol. The third-order valence-electron chi connectivity index (χ3n) is 8.62. The molecule has 0 saturated carbocycles. The number of fused-ring (bicyclic) bond motifs is 1. The Balaban J connectivity index is 1.17. The average molecular weight is 678 g/mol. The molecule has 2 atom stereocenters. The van der Waals surface area contributed by atoms with Gasteiger partial charge in [-0.25, -0.2) is 0 Å². The van der Waals surface area contributed by atoms with E-state index in [0.717, 1.165) is 48.2 Å². The molecule has 0 unspecified atom stereocenters. The van der Waals surface area contributed by atoms with Crippen molar-refractivity contribution in [1.29, 1.82) is 0 Å². The highest BCUT2D eigenvalue weighted by atomic mass is 16.5. The quantitative estimate of drug-likeness (QED) is 0.0955. The number of hydrogen-bond acceptors (Lipinski definition) is 8. The SMILES string of the molecule is O=C(CN1C(=O)[C@@H](N[C@@H](CCCCNCCOCc2ccccc2)C(=O)OCc2ccccc2)CCc2ccccc21)OCc1ccccc1. The lowest BCUT2D eigenvalue weighted by atomic mass is 10.0. The molecule has 4 aromatic rings. The van der Waals surface area contributed by atoms with Crippen LogP contribution >= 0.6 is 0 Å². The molecule has 9 nitrogen and oxygen atoms in total. The first kappa shape index (κ1) is 36.5. The molecule has 1 aliphatic rings. The molecule has 4 aromatic carbocycles. The highest BCUT2D eigenvalue weighted by Gasteiger charge is 2.35. The van der Waals surface area contributed by atoms with Gasteiger partial charge in [0.1, 0.15) is 25.8 Å². The first-order chi connectivity index (χ1) is 24.6. The molecule has 1 amide bonds. The monoisotopic (exact) mass is 677 g/mol. The molecule has 0 aliphatic carbocycles. The van der Waals surface area contributed by atoms with Gasteiger partial charge in [0.05, 0.1) is 19.3 Å². The molecule has 0 saturated heterocycles. The van der Waals surface area contributed by atoms with Gasteiger partial charge < -0.3 is 19.5 Å². The van der Waals surface area contributed by atoms with Gasteiger partial charge in [-0.2, -0.15) is 0 Å². The van der Waals surface area contributed by atoms with Gasteiger partial charge in [-0.1, -0.05) is 116 Å². The Labute approximate surface area is 294 Å². The van der Waals surface area contributed by atoms with Gasteiger partial charge in [0.25, 0.3) is 0 Å². The number of rotatable bonds is 19. The van der Waals surface area contributed by atoms with Crippen LogP contribution in [-0.2, 0) is 54.8 Å². The molecule has 0 fully saturated rings. The van der Waals surface area contributed by atoms with Gasteiger partial charge in [-0.3, -0.25) is 24.6 Å². The predicted octanol–water partition coefficient (Wildman–Crippen LogP) is 5.76. The molecule has 5 rings (SSSR count). The van der Waals surface area contributed by atoms with Gasteiger partial charge in [-0.05, 0) is 60.5 Å². The Kier molecular flexibility index (Phi) is 14.6. The van der Waals surface area contributed by atoms with Crippen molar-refractivity contribution in [2.75, 3.05) is 31.1 Å². The van der Waals surface area contributed by atoms with E-state index in [1.54, 1.807) is 0 Å². The van der Waals surface area contributed by atoms with E-state index in [4.69, 9.17) is 14.2 Å². The van der Waals surface area contributed by atoms with E-state index in [1.165, 1.54) is 4.90 Å². The fourth-order valence-electron chi connectivity index (χ4n) is 5.92. The molecule has 1 heterocycles. The topological polar surface area (TPSA) is 106 Å². The Bertz CT molecular complexity index is 1620. The molecule has 0 radical (unpaired) electrons. The average Bonchev–Trinajstić information content (AvgIpc) is 3.28. The highest BCUT2D eigenvalue weighted by Crippen LogP contribution is 2.27. The van der Waals surface area contributed by atoms with Crippen molar-refractivity contribution in [1.82, 2.24) is 10.6 Å². The van der Waals surface area contributed by atoms with E-state index in [2.05, 4.69) is 10.6 Å². The molecule has 9 heteroatoms. The summed E-state index contributed by atoms with van der Waals surface area (Å²) < 4.78 is 17.1. The molecule has 262 valence electrons. The number of unbranched alkanes of at least 4 members (excludes halogenated alkanes) is 1. The van der Waals surface area contributed by atoms with E-state index in [-0.39, 0.29) is 25.7 Å². The number of nitrogens with zero attached hydrogens (tertiary/aromatic N) is 1. The van der Waals surface area contributed by atoms with Crippen molar-refractivity contribution >= 4 is 23.5 Å². The fraction of sp³-hybridized carbons (Fsp3) is 0.341. The minimum Gasteiger partial charge on any atom is -0.460 e. The lowest BCUT2D eigenvalue weighted by Crippen LogP contribution is -2.53. The van der Waals surface area contributed by atoms with Crippen LogP contribution in [0.5, 0.6) is 0 Å². The smallest absolute Gasteiger partial charge is 0.326 e. The number of carbonyl (C=O) groups is 3. The van der Waals surface area contributed by atoms with Crippen LogP contribution in [0.4, 0.5) is 5.69 Å².